The number of hydrogen-bond donors (Lipinski definition) is 0. The van der Waals surface area contributed by atoms with Crippen LogP contribution in [0.3, 0.4) is 0 Å². The summed E-state index contributed by atoms with van der Waals surface area (Å²) in [6, 6.07) is 9.93. The van der Waals surface area contributed by atoms with E-state index >= 15 is 0 Å². The van der Waals surface area contributed by atoms with Crippen molar-refractivity contribution in [3.8, 4) is 0 Å². The van der Waals surface area contributed by atoms with E-state index in [9.17, 15) is 4.79 Å². The van der Waals surface area contributed by atoms with E-state index in [0.29, 0.717) is 0 Å². The molecule has 0 saturated heterocycles. The first-order chi connectivity index (χ1) is 12.5. The summed E-state index contributed by atoms with van der Waals surface area (Å²) in [5, 5.41) is 0. The predicted octanol–water partition coefficient (Wildman–Crippen LogP) is 7.05. The number of likely N-dealkylation sites (N-methyl/N-ethyl adjacent to an activating group) is 1. The van der Waals surface area contributed by atoms with Gasteiger partial charge in [-0.3, -0.25) is 0 Å². The van der Waals surface area contributed by atoms with E-state index in [4.69, 9.17) is 0 Å². The summed E-state index contributed by atoms with van der Waals surface area (Å²) in [4.78, 5) is 14.8. The van der Waals surface area contributed by atoms with E-state index in [1.54, 1.807) is 4.90 Å². The van der Waals surface area contributed by atoms with E-state index in [-0.39, 0.29) is 5.91 Å². The third-order valence-electron chi connectivity index (χ3n) is 5.52. The van der Waals surface area contributed by atoms with Crippen LogP contribution >= 0.6 is 0 Å². The fourth-order valence-electron chi connectivity index (χ4n) is 3.83. The fraction of sp³-hybridized carbons (Fsp3) is 0.609. The molecule has 0 heterocycles. The van der Waals surface area contributed by atoms with Crippen LogP contribution in [0.15, 0.2) is 42.5 Å². The maximum absolute atomic E-state index is 13.0. The van der Waals surface area contributed by atoms with Crippen LogP contribution in [0.2, 0.25) is 17.7 Å². The van der Waals surface area contributed by atoms with Crippen LogP contribution < -0.4 is 4.90 Å². The van der Waals surface area contributed by atoms with Crippen molar-refractivity contribution in [2.75, 3.05) is 11.9 Å². The molecule has 1 amide bonds. The Morgan fingerprint density at radius 3 is 1.81 bits per heavy atom. The van der Waals surface area contributed by atoms with Crippen molar-refractivity contribution in [2.24, 2.45) is 0 Å². The molecule has 0 aromatic heterocycles. The number of benzene rings is 1. The zero-order chi connectivity index (χ0) is 19.4. The summed E-state index contributed by atoms with van der Waals surface area (Å²) in [5.74, 6) is 0.113. The minimum absolute atomic E-state index is 0.113. The molecule has 1 aromatic carbocycles. The Kier molecular flexibility index (Phi) is 11.3. The number of unbranched alkanes of at least 4 members (excludes halogenated alkanes) is 3. The summed E-state index contributed by atoms with van der Waals surface area (Å²) in [7, 11) is 1.88. The number of anilines is 1. The van der Waals surface area contributed by atoms with Crippen molar-refractivity contribution in [2.45, 2.75) is 77.0 Å². The summed E-state index contributed by atoms with van der Waals surface area (Å²) in [6.45, 7) is 11.1. The molecule has 146 valence electrons. The van der Waals surface area contributed by atoms with Crippen LogP contribution in [0.4, 0.5) is 5.69 Å². The number of carbonyl (C=O) groups is 1. The van der Waals surface area contributed by atoms with Crippen LogP contribution in [0.5, 0.6) is 0 Å². The molecule has 1 aromatic rings. The second-order valence-electron chi connectivity index (χ2n) is 7.79. The SMILES string of the molecule is C=C([CH2][Sn]([CH2]CCC)([CH2]CCC)[CH2]CCC)C(=O)N(C)c1ccccc1. The molecule has 0 aliphatic heterocycles. The molecule has 0 bridgehead atoms. The van der Waals surface area contributed by atoms with Crippen LogP contribution in [0.1, 0.15) is 59.3 Å². The number of rotatable bonds is 13. The standard InChI is InChI=1S/C11H12NO.3C4H9.Sn/c1-9(2)11(13)12(3)10-7-5-4-6-8-10;3*1-3-4-2;/h4-8H,1-2H2,3H3;3*1,3-4H2,2H3;. The third kappa shape index (κ3) is 7.46. The number of carbonyl (C=O) groups excluding carboxylic acids is 1. The molecule has 0 atom stereocenters. The number of nitrogens with zero attached hydrogens (tertiary/aromatic N) is 1. The number of amides is 1. The van der Waals surface area contributed by atoms with Gasteiger partial charge >= 0.3 is 166 Å². The first-order valence-corrected chi connectivity index (χ1v) is 18.6. The summed E-state index contributed by atoms with van der Waals surface area (Å²) >= 11 is -2.36. The van der Waals surface area contributed by atoms with Gasteiger partial charge in [0.25, 0.3) is 0 Å². The van der Waals surface area contributed by atoms with Crippen LogP contribution in [0, 0.1) is 0 Å². The molecular formula is C23H39NOSn. The van der Waals surface area contributed by atoms with Gasteiger partial charge in [0.15, 0.2) is 0 Å². The molecular weight excluding hydrogens is 425 g/mol. The zero-order valence-electron chi connectivity index (χ0n) is 17.5. The molecule has 0 radical (unpaired) electrons. The Balaban J connectivity index is 2.91. The molecule has 0 spiro atoms. The van der Waals surface area contributed by atoms with E-state index in [1.807, 2.05) is 37.4 Å². The monoisotopic (exact) mass is 465 g/mol. The first kappa shape index (κ1) is 23.3. The Morgan fingerprint density at radius 1 is 0.923 bits per heavy atom. The predicted molar refractivity (Wildman–Crippen MR) is 119 cm³/mol. The summed E-state index contributed by atoms with van der Waals surface area (Å²) in [5.41, 5.74) is 1.81. The van der Waals surface area contributed by atoms with Gasteiger partial charge in [-0.05, 0) is 0 Å². The quantitative estimate of drug-likeness (QED) is 0.226. The molecule has 0 aliphatic carbocycles. The van der Waals surface area contributed by atoms with Crippen LogP contribution in [-0.2, 0) is 4.79 Å². The Hall–Kier alpha value is -0.771. The van der Waals surface area contributed by atoms with Gasteiger partial charge in [0.05, 0.1) is 0 Å². The van der Waals surface area contributed by atoms with Crippen molar-refractivity contribution in [3.05, 3.63) is 42.5 Å². The third-order valence-corrected chi connectivity index (χ3v) is 21.0. The topological polar surface area (TPSA) is 20.3 Å². The van der Waals surface area contributed by atoms with E-state index in [0.717, 1.165) is 15.7 Å². The molecule has 0 fully saturated rings. The maximum atomic E-state index is 13.0. The van der Waals surface area contributed by atoms with Gasteiger partial charge in [0, 0.05) is 0 Å². The van der Waals surface area contributed by atoms with Crippen molar-refractivity contribution in [1.29, 1.82) is 0 Å². The van der Waals surface area contributed by atoms with Gasteiger partial charge in [-0.15, -0.1) is 0 Å². The average molecular weight is 464 g/mol. The number of para-hydroxylation sites is 1. The van der Waals surface area contributed by atoms with Crippen molar-refractivity contribution >= 4 is 30.0 Å². The van der Waals surface area contributed by atoms with Gasteiger partial charge in [0.2, 0.25) is 0 Å². The minimum atomic E-state index is -2.36. The fourth-order valence-corrected chi connectivity index (χ4v) is 19.9. The zero-order valence-corrected chi connectivity index (χ0v) is 20.4. The van der Waals surface area contributed by atoms with Crippen molar-refractivity contribution in [3.63, 3.8) is 0 Å². The number of hydrogen-bond acceptors (Lipinski definition) is 1. The van der Waals surface area contributed by atoms with E-state index < -0.39 is 18.4 Å². The second-order valence-corrected chi connectivity index (χ2v) is 21.6. The molecule has 2 nitrogen and oxygen atoms in total. The molecule has 3 heteroatoms. The summed E-state index contributed by atoms with van der Waals surface area (Å²) in [6.07, 6.45) is 7.79. The van der Waals surface area contributed by atoms with Gasteiger partial charge in [0.1, 0.15) is 0 Å². The normalized spacial score (nSPS) is 11.4. The molecule has 0 unspecified atom stereocenters. The molecule has 1 rings (SSSR count). The Bertz CT molecular complexity index is 519. The van der Waals surface area contributed by atoms with E-state index in [2.05, 4.69) is 27.4 Å². The molecule has 0 aliphatic rings. The van der Waals surface area contributed by atoms with Gasteiger partial charge in [-0.1, -0.05) is 0 Å². The van der Waals surface area contributed by atoms with E-state index in [1.165, 1.54) is 51.8 Å². The van der Waals surface area contributed by atoms with Crippen molar-refractivity contribution < 1.29 is 4.79 Å². The average Bonchev–Trinajstić information content (AvgIpc) is 2.68. The van der Waals surface area contributed by atoms with Gasteiger partial charge in [-0.25, -0.2) is 0 Å². The summed E-state index contributed by atoms with van der Waals surface area (Å²) < 4.78 is 5.32. The van der Waals surface area contributed by atoms with Gasteiger partial charge in [-0.2, -0.15) is 0 Å². The van der Waals surface area contributed by atoms with Crippen molar-refractivity contribution in [1.82, 2.24) is 0 Å². The first-order valence-electron chi connectivity index (χ1n) is 10.5. The Labute approximate surface area is 165 Å². The molecule has 0 saturated carbocycles. The molecule has 26 heavy (non-hydrogen) atoms. The van der Waals surface area contributed by atoms with Crippen LogP contribution in [0.25, 0.3) is 0 Å². The van der Waals surface area contributed by atoms with Crippen LogP contribution in [-0.4, -0.2) is 31.3 Å². The second kappa shape index (κ2) is 12.6. The molecule has 0 N–H and O–H groups in total. The Morgan fingerprint density at radius 2 is 1.38 bits per heavy atom. The van der Waals surface area contributed by atoms with Gasteiger partial charge < -0.3 is 0 Å².